The highest BCUT2D eigenvalue weighted by atomic mass is 32.2. The molecule has 0 aromatic heterocycles. The van der Waals surface area contributed by atoms with Crippen molar-refractivity contribution in [1.29, 1.82) is 0 Å². The molecule has 3 nitrogen and oxygen atoms in total. The van der Waals surface area contributed by atoms with Crippen molar-refractivity contribution in [3.63, 3.8) is 0 Å². The molecule has 0 aliphatic carbocycles. The lowest BCUT2D eigenvalue weighted by Gasteiger charge is -2.10. The first-order valence-electron chi connectivity index (χ1n) is 7.73. The number of benzene rings is 2. The molecular formula is C19H23NO2S. The molecule has 2 rings (SSSR count). The first kappa shape index (κ1) is 17.4. The van der Waals surface area contributed by atoms with Crippen LogP contribution in [0.25, 0.3) is 0 Å². The molecule has 4 heteroatoms. The Morgan fingerprint density at radius 3 is 2.35 bits per heavy atom. The molecule has 2 aromatic rings. The number of aryl methyl sites for hydroxylation is 1. The van der Waals surface area contributed by atoms with Gasteiger partial charge in [0.25, 0.3) is 0 Å². The summed E-state index contributed by atoms with van der Waals surface area (Å²) in [5.41, 5.74) is 3.28. The van der Waals surface area contributed by atoms with E-state index in [4.69, 9.17) is 4.74 Å². The molecule has 0 radical (unpaired) electrons. The first-order chi connectivity index (χ1) is 11.0. The minimum atomic E-state index is 0.0136. The summed E-state index contributed by atoms with van der Waals surface area (Å²) in [4.78, 5) is 12.0. The van der Waals surface area contributed by atoms with E-state index in [2.05, 4.69) is 36.5 Å². The van der Waals surface area contributed by atoms with Gasteiger partial charge in [-0.3, -0.25) is 4.79 Å². The number of anilines is 1. The number of ether oxygens (including phenoxy) is 1. The van der Waals surface area contributed by atoms with Gasteiger partial charge in [0.05, 0.1) is 11.9 Å². The highest BCUT2D eigenvalue weighted by molar-refractivity contribution is 7.99. The summed E-state index contributed by atoms with van der Waals surface area (Å²) in [6, 6.07) is 15.9. The van der Waals surface area contributed by atoms with Gasteiger partial charge in [0.15, 0.2) is 0 Å². The number of hydrogen-bond donors (Lipinski definition) is 1. The molecule has 0 saturated heterocycles. The van der Waals surface area contributed by atoms with E-state index in [0.29, 0.717) is 5.75 Å². The summed E-state index contributed by atoms with van der Waals surface area (Å²) in [6.45, 7) is 6.05. The van der Waals surface area contributed by atoms with E-state index in [9.17, 15) is 4.79 Å². The smallest absolute Gasteiger partial charge is 0.234 e. The third-order valence-corrected chi connectivity index (χ3v) is 4.14. The van der Waals surface area contributed by atoms with E-state index < -0.39 is 0 Å². The number of thioether (sulfide) groups is 1. The molecule has 0 bridgehead atoms. The maximum absolute atomic E-state index is 12.0. The van der Waals surface area contributed by atoms with Gasteiger partial charge in [0, 0.05) is 11.4 Å². The van der Waals surface area contributed by atoms with E-state index in [1.807, 2.05) is 38.1 Å². The van der Waals surface area contributed by atoms with Gasteiger partial charge in [-0.25, -0.2) is 0 Å². The molecule has 23 heavy (non-hydrogen) atoms. The van der Waals surface area contributed by atoms with Crippen molar-refractivity contribution in [2.24, 2.45) is 0 Å². The highest BCUT2D eigenvalue weighted by Gasteiger charge is 2.04. The largest absolute Gasteiger partial charge is 0.491 e. The number of amides is 1. The first-order valence-corrected chi connectivity index (χ1v) is 8.88. The van der Waals surface area contributed by atoms with Crippen LogP contribution in [0.1, 0.15) is 25.0 Å². The summed E-state index contributed by atoms with van der Waals surface area (Å²) in [5, 5.41) is 2.90. The van der Waals surface area contributed by atoms with Crippen molar-refractivity contribution >= 4 is 23.4 Å². The molecule has 0 heterocycles. The van der Waals surface area contributed by atoms with Gasteiger partial charge in [-0.15, -0.1) is 11.8 Å². The van der Waals surface area contributed by atoms with Gasteiger partial charge in [-0.1, -0.05) is 29.8 Å². The molecule has 1 amide bonds. The summed E-state index contributed by atoms with van der Waals surface area (Å²) in [6.07, 6.45) is 0.147. The van der Waals surface area contributed by atoms with Crippen molar-refractivity contribution < 1.29 is 9.53 Å². The van der Waals surface area contributed by atoms with Crippen LogP contribution in [0, 0.1) is 6.92 Å². The van der Waals surface area contributed by atoms with Crippen molar-refractivity contribution in [2.75, 3.05) is 11.1 Å². The van der Waals surface area contributed by atoms with Crippen LogP contribution in [0.15, 0.2) is 48.5 Å². The zero-order valence-corrected chi connectivity index (χ0v) is 14.7. The molecule has 2 aromatic carbocycles. The van der Waals surface area contributed by atoms with E-state index in [0.717, 1.165) is 17.2 Å². The molecule has 0 saturated carbocycles. The van der Waals surface area contributed by atoms with Crippen LogP contribution >= 0.6 is 11.8 Å². The molecule has 0 aliphatic heterocycles. The third-order valence-electron chi connectivity index (χ3n) is 3.13. The molecule has 1 N–H and O–H groups in total. The van der Waals surface area contributed by atoms with Crippen molar-refractivity contribution in [3.05, 3.63) is 59.7 Å². The molecule has 0 atom stereocenters. The number of rotatable bonds is 7. The molecule has 0 fully saturated rings. The summed E-state index contributed by atoms with van der Waals surface area (Å²) in [7, 11) is 0. The minimum absolute atomic E-state index is 0.0136. The van der Waals surface area contributed by atoms with Gasteiger partial charge >= 0.3 is 0 Å². The third kappa shape index (κ3) is 6.37. The average Bonchev–Trinajstić information content (AvgIpc) is 2.51. The van der Waals surface area contributed by atoms with Gasteiger partial charge < -0.3 is 10.1 Å². The van der Waals surface area contributed by atoms with Crippen LogP contribution in [0.5, 0.6) is 5.75 Å². The highest BCUT2D eigenvalue weighted by Crippen LogP contribution is 2.18. The second-order valence-electron chi connectivity index (χ2n) is 5.72. The van der Waals surface area contributed by atoms with E-state index in [-0.39, 0.29) is 12.0 Å². The molecule has 0 aliphatic rings. The Bertz CT molecular complexity index is 621. The Kier molecular flexibility index (Phi) is 6.53. The topological polar surface area (TPSA) is 38.3 Å². The van der Waals surface area contributed by atoms with Crippen LogP contribution in [-0.2, 0) is 10.5 Å². The SMILES string of the molecule is Cc1ccc(CSCC(=O)Nc2ccc(OC(C)C)cc2)cc1. The van der Waals surface area contributed by atoms with Crippen LogP contribution in [-0.4, -0.2) is 17.8 Å². The zero-order chi connectivity index (χ0) is 16.7. The van der Waals surface area contributed by atoms with Crippen molar-refractivity contribution in [1.82, 2.24) is 0 Å². The van der Waals surface area contributed by atoms with E-state index in [1.165, 1.54) is 11.1 Å². The fraction of sp³-hybridized carbons (Fsp3) is 0.316. The average molecular weight is 329 g/mol. The van der Waals surface area contributed by atoms with E-state index >= 15 is 0 Å². The van der Waals surface area contributed by atoms with Crippen molar-refractivity contribution in [3.8, 4) is 5.75 Å². The molecule has 0 spiro atoms. The number of carbonyl (C=O) groups excluding carboxylic acids is 1. The Balaban J connectivity index is 1.75. The Morgan fingerprint density at radius 2 is 1.74 bits per heavy atom. The monoisotopic (exact) mass is 329 g/mol. The lowest BCUT2D eigenvalue weighted by atomic mass is 10.2. The lowest BCUT2D eigenvalue weighted by Crippen LogP contribution is -2.14. The molecular weight excluding hydrogens is 306 g/mol. The second kappa shape index (κ2) is 8.63. The van der Waals surface area contributed by atoms with Gasteiger partial charge in [0.2, 0.25) is 5.91 Å². The summed E-state index contributed by atoms with van der Waals surface area (Å²) in [5.74, 6) is 2.11. The Labute approximate surface area is 142 Å². The Morgan fingerprint density at radius 1 is 1.09 bits per heavy atom. The molecule has 0 unspecified atom stereocenters. The number of nitrogens with one attached hydrogen (secondary N) is 1. The predicted molar refractivity (Wildman–Crippen MR) is 98.2 cm³/mol. The number of hydrogen-bond acceptors (Lipinski definition) is 3. The van der Waals surface area contributed by atoms with Crippen LogP contribution in [0.2, 0.25) is 0 Å². The quantitative estimate of drug-likeness (QED) is 0.803. The molecule has 122 valence electrons. The van der Waals surface area contributed by atoms with Crippen LogP contribution in [0.3, 0.4) is 0 Å². The van der Waals surface area contributed by atoms with Crippen molar-refractivity contribution in [2.45, 2.75) is 32.6 Å². The number of carbonyl (C=O) groups is 1. The van der Waals surface area contributed by atoms with Gasteiger partial charge in [0.1, 0.15) is 5.75 Å². The normalized spacial score (nSPS) is 10.6. The fourth-order valence-corrected chi connectivity index (χ4v) is 2.82. The standard InChI is InChI=1S/C19H23NO2S/c1-14(2)22-18-10-8-17(9-11-18)20-19(21)13-23-12-16-6-4-15(3)5-7-16/h4-11,14H,12-13H2,1-3H3,(H,20,21). The maximum Gasteiger partial charge on any atom is 0.234 e. The maximum atomic E-state index is 12.0. The Hall–Kier alpha value is -1.94. The lowest BCUT2D eigenvalue weighted by molar-refractivity contribution is -0.113. The minimum Gasteiger partial charge on any atom is -0.491 e. The fourth-order valence-electron chi connectivity index (χ4n) is 2.03. The summed E-state index contributed by atoms with van der Waals surface area (Å²) >= 11 is 1.61. The van der Waals surface area contributed by atoms with Gasteiger partial charge in [-0.05, 0) is 50.6 Å². The van der Waals surface area contributed by atoms with Crippen LogP contribution < -0.4 is 10.1 Å². The van der Waals surface area contributed by atoms with Gasteiger partial charge in [-0.2, -0.15) is 0 Å². The zero-order valence-electron chi connectivity index (χ0n) is 13.8. The van der Waals surface area contributed by atoms with Crippen LogP contribution in [0.4, 0.5) is 5.69 Å². The second-order valence-corrected chi connectivity index (χ2v) is 6.70. The summed E-state index contributed by atoms with van der Waals surface area (Å²) < 4.78 is 5.58. The predicted octanol–water partition coefficient (Wildman–Crippen LogP) is 4.65. The van der Waals surface area contributed by atoms with E-state index in [1.54, 1.807) is 11.8 Å².